The normalized spacial score (nSPS) is 13.0. The number of hydrogen-bond acceptors (Lipinski definition) is 4. The zero-order valence-corrected chi connectivity index (χ0v) is 15.1. The number of hydrogen-bond donors (Lipinski definition) is 1. The number of quaternary nitrogens is 1. The topological polar surface area (TPSA) is 40.0 Å². The van der Waals surface area contributed by atoms with Crippen LogP contribution in [0.2, 0.25) is 0 Å². The largest absolute Gasteiger partial charge is 1.00 e. The Hall–Kier alpha value is -1.56. The fourth-order valence-corrected chi connectivity index (χ4v) is 3.26. The second-order valence-corrected chi connectivity index (χ2v) is 6.59. The number of carbonyl (C=O) groups is 1. The number of nitrogens with one attached hydrogen (secondary N) is 1. The van der Waals surface area contributed by atoms with E-state index in [0.29, 0.717) is 5.75 Å². The minimum atomic E-state index is -0.662. The molecule has 0 amide bonds. The first kappa shape index (κ1) is 19.5. The summed E-state index contributed by atoms with van der Waals surface area (Å²) in [5, 5.41) is 1.99. The van der Waals surface area contributed by atoms with Crippen LogP contribution in [0, 0.1) is 5.92 Å². The van der Waals surface area contributed by atoms with Crippen molar-refractivity contribution in [3.63, 3.8) is 0 Å². The molecule has 23 heavy (non-hydrogen) atoms. The van der Waals surface area contributed by atoms with Crippen molar-refractivity contribution in [1.82, 2.24) is 0 Å². The van der Waals surface area contributed by atoms with Gasteiger partial charge in [-0.2, -0.15) is 0 Å². The van der Waals surface area contributed by atoms with Gasteiger partial charge in [-0.05, 0) is 23.6 Å². The molecule has 1 aromatic heterocycles. The van der Waals surface area contributed by atoms with Crippen LogP contribution >= 0.6 is 11.3 Å². The van der Waals surface area contributed by atoms with Gasteiger partial charge in [0.2, 0.25) is 0 Å². The summed E-state index contributed by atoms with van der Waals surface area (Å²) in [7, 11) is 4.18. The number of carbonyl (C=O) groups excluding carboxylic acids is 1. The van der Waals surface area contributed by atoms with Gasteiger partial charge in [-0.15, -0.1) is 11.3 Å². The predicted molar refractivity (Wildman–Crippen MR) is 87.5 cm³/mol. The molecular formula is C17H22ClNO3S. The molecule has 0 saturated heterocycles. The van der Waals surface area contributed by atoms with Crippen molar-refractivity contribution >= 4 is 17.5 Å². The van der Waals surface area contributed by atoms with Crippen LogP contribution < -0.4 is 22.0 Å². The molecule has 1 aromatic carbocycles. The van der Waals surface area contributed by atoms with E-state index in [2.05, 4.69) is 21.0 Å². The lowest BCUT2D eigenvalue weighted by Gasteiger charge is -2.23. The summed E-state index contributed by atoms with van der Waals surface area (Å²) in [5.74, 6) is 0.690. The Bertz CT molecular complexity index is 575. The summed E-state index contributed by atoms with van der Waals surface area (Å²) in [4.78, 5) is 14.4. The summed E-state index contributed by atoms with van der Waals surface area (Å²) < 4.78 is 10.8. The quantitative estimate of drug-likeness (QED) is 0.576. The van der Waals surface area contributed by atoms with Gasteiger partial charge in [0, 0.05) is 10.8 Å². The molecule has 0 radical (unpaired) electrons. The summed E-state index contributed by atoms with van der Waals surface area (Å²) in [6.07, 6.45) is -0.948. The molecule has 1 heterocycles. The van der Waals surface area contributed by atoms with E-state index < -0.39 is 6.16 Å². The average molecular weight is 356 g/mol. The molecule has 0 bridgehead atoms. The van der Waals surface area contributed by atoms with Crippen LogP contribution in [-0.4, -0.2) is 26.8 Å². The fraction of sp³-hybridized carbons (Fsp3) is 0.353. The molecule has 4 nitrogen and oxygen atoms in total. The molecule has 2 rings (SSSR count). The molecule has 0 spiro atoms. The number of rotatable bonds is 6. The van der Waals surface area contributed by atoms with Crippen molar-refractivity contribution in [3.8, 4) is 5.75 Å². The van der Waals surface area contributed by atoms with Gasteiger partial charge in [-0.1, -0.05) is 31.2 Å². The predicted octanol–water partition coefficient (Wildman–Crippen LogP) is -0.211. The highest BCUT2D eigenvalue weighted by atomic mass is 35.5. The molecule has 2 unspecified atom stereocenters. The zero-order chi connectivity index (χ0) is 15.9. The maximum atomic E-state index is 12.1. The molecular weight excluding hydrogens is 334 g/mol. The number of para-hydroxylation sites is 1. The third kappa shape index (κ3) is 6.22. The van der Waals surface area contributed by atoms with Crippen molar-refractivity contribution < 1.29 is 31.6 Å². The Balaban J connectivity index is 0.00000264. The lowest BCUT2D eigenvalue weighted by Crippen LogP contribution is -3.06. The smallest absolute Gasteiger partial charge is 0.514 e. The van der Waals surface area contributed by atoms with Crippen molar-refractivity contribution in [1.29, 1.82) is 0 Å². The lowest BCUT2D eigenvalue weighted by molar-refractivity contribution is -0.862. The number of halogens is 1. The van der Waals surface area contributed by atoms with Gasteiger partial charge in [0.25, 0.3) is 0 Å². The second kappa shape index (κ2) is 9.55. The Kier molecular flexibility index (Phi) is 8.09. The van der Waals surface area contributed by atoms with Crippen LogP contribution in [0.5, 0.6) is 5.75 Å². The first-order valence-corrected chi connectivity index (χ1v) is 8.20. The van der Waals surface area contributed by atoms with E-state index in [0.717, 1.165) is 11.4 Å². The zero-order valence-electron chi connectivity index (χ0n) is 13.5. The van der Waals surface area contributed by atoms with Gasteiger partial charge >= 0.3 is 6.16 Å². The van der Waals surface area contributed by atoms with Gasteiger partial charge in [-0.3, -0.25) is 0 Å². The SMILES string of the molecule is CC(C[NH+](C)C)C(OC(=O)Oc1ccccc1)c1cccs1.[Cl-]. The van der Waals surface area contributed by atoms with Crippen LogP contribution in [-0.2, 0) is 4.74 Å². The Labute approximate surface area is 147 Å². The molecule has 6 heteroatoms. The van der Waals surface area contributed by atoms with Gasteiger partial charge in [0.15, 0.2) is 0 Å². The summed E-state index contributed by atoms with van der Waals surface area (Å²) in [5.41, 5.74) is 0. The number of benzene rings is 1. The van der Waals surface area contributed by atoms with Gasteiger partial charge in [0.05, 0.1) is 20.6 Å². The monoisotopic (exact) mass is 355 g/mol. The minimum absolute atomic E-state index is 0. The highest BCUT2D eigenvalue weighted by Gasteiger charge is 2.27. The summed E-state index contributed by atoms with van der Waals surface area (Å²) in [6.45, 7) is 2.99. The van der Waals surface area contributed by atoms with E-state index in [1.807, 2.05) is 35.7 Å². The molecule has 2 aromatic rings. The van der Waals surface area contributed by atoms with Crippen LogP contribution in [0.15, 0.2) is 47.8 Å². The molecule has 0 fully saturated rings. The van der Waals surface area contributed by atoms with Gasteiger partial charge < -0.3 is 26.8 Å². The second-order valence-electron chi connectivity index (χ2n) is 5.61. The van der Waals surface area contributed by atoms with Crippen molar-refractivity contribution in [3.05, 3.63) is 52.7 Å². The van der Waals surface area contributed by atoms with Gasteiger partial charge in [-0.25, -0.2) is 4.79 Å². The minimum Gasteiger partial charge on any atom is -1.00 e. The first-order chi connectivity index (χ1) is 10.6. The highest BCUT2D eigenvalue weighted by molar-refractivity contribution is 7.10. The van der Waals surface area contributed by atoms with Crippen LogP contribution in [0.3, 0.4) is 0 Å². The van der Waals surface area contributed by atoms with Crippen molar-refractivity contribution in [2.24, 2.45) is 5.92 Å². The standard InChI is InChI=1S/C17H21NO3S.ClH/c1-13(12-18(2)3)16(15-10-7-11-22-15)21-17(19)20-14-8-5-4-6-9-14;/h4-11,13,16H,12H2,1-3H3;1H. The molecule has 0 aliphatic rings. The fourth-order valence-electron chi connectivity index (χ4n) is 2.37. The van der Waals surface area contributed by atoms with Crippen molar-refractivity contribution in [2.45, 2.75) is 13.0 Å². The Morgan fingerprint density at radius 1 is 1.17 bits per heavy atom. The molecule has 0 aliphatic heterocycles. The third-order valence-corrected chi connectivity index (χ3v) is 4.17. The van der Waals surface area contributed by atoms with E-state index in [9.17, 15) is 4.79 Å². The average Bonchev–Trinajstić information content (AvgIpc) is 2.99. The molecule has 0 aliphatic carbocycles. The number of ether oxygens (including phenoxy) is 2. The van der Waals surface area contributed by atoms with Crippen LogP contribution in [0.1, 0.15) is 17.9 Å². The molecule has 126 valence electrons. The van der Waals surface area contributed by atoms with Crippen LogP contribution in [0.4, 0.5) is 4.79 Å². The van der Waals surface area contributed by atoms with Crippen molar-refractivity contribution in [2.75, 3.05) is 20.6 Å². The van der Waals surface area contributed by atoms with E-state index in [-0.39, 0.29) is 24.4 Å². The van der Waals surface area contributed by atoms with E-state index in [1.54, 1.807) is 23.5 Å². The molecule has 0 saturated carbocycles. The Morgan fingerprint density at radius 3 is 2.43 bits per heavy atom. The maximum absolute atomic E-state index is 12.1. The molecule has 2 atom stereocenters. The first-order valence-electron chi connectivity index (χ1n) is 7.32. The van der Waals surface area contributed by atoms with Gasteiger partial charge in [0.1, 0.15) is 11.9 Å². The summed E-state index contributed by atoms with van der Waals surface area (Å²) in [6, 6.07) is 12.9. The summed E-state index contributed by atoms with van der Waals surface area (Å²) >= 11 is 1.59. The third-order valence-electron chi connectivity index (χ3n) is 3.24. The lowest BCUT2D eigenvalue weighted by atomic mass is 10.0. The van der Waals surface area contributed by atoms with E-state index in [1.165, 1.54) is 4.90 Å². The van der Waals surface area contributed by atoms with E-state index >= 15 is 0 Å². The molecule has 1 N–H and O–H groups in total. The highest BCUT2D eigenvalue weighted by Crippen LogP contribution is 2.29. The number of thiophene rings is 1. The van der Waals surface area contributed by atoms with E-state index in [4.69, 9.17) is 9.47 Å². The van der Waals surface area contributed by atoms with Crippen LogP contribution in [0.25, 0.3) is 0 Å². The Morgan fingerprint density at radius 2 is 1.87 bits per heavy atom. The maximum Gasteiger partial charge on any atom is 0.514 e.